The Morgan fingerprint density at radius 1 is 1.18 bits per heavy atom. The molecule has 4 nitrogen and oxygen atoms in total. The lowest BCUT2D eigenvalue weighted by Crippen LogP contribution is -2.17. The van der Waals surface area contributed by atoms with Gasteiger partial charge < -0.3 is 4.57 Å². The second kappa shape index (κ2) is 6.36. The van der Waals surface area contributed by atoms with E-state index in [1.165, 1.54) is 22.2 Å². The molecule has 4 heteroatoms. The van der Waals surface area contributed by atoms with E-state index in [2.05, 4.69) is 77.2 Å². The van der Waals surface area contributed by atoms with Gasteiger partial charge in [-0.15, -0.1) is 0 Å². The molecule has 3 aromatic rings. The summed E-state index contributed by atoms with van der Waals surface area (Å²) in [5.74, 6) is 0. The Labute approximate surface area is 131 Å². The van der Waals surface area contributed by atoms with Gasteiger partial charge in [0.2, 0.25) is 0 Å². The number of hydrogen-bond acceptors (Lipinski definition) is 2. The van der Waals surface area contributed by atoms with Crippen molar-refractivity contribution in [2.45, 2.75) is 32.9 Å². The Morgan fingerprint density at radius 3 is 2.86 bits per heavy atom. The van der Waals surface area contributed by atoms with Crippen LogP contribution < -0.4 is 0 Å². The lowest BCUT2D eigenvalue weighted by atomic mass is 10.1. The van der Waals surface area contributed by atoms with Crippen molar-refractivity contribution in [2.24, 2.45) is 7.05 Å². The molecule has 0 aliphatic carbocycles. The highest BCUT2D eigenvalue weighted by atomic mass is 15.2. The second-order valence-corrected chi connectivity index (χ2v) is 6.13. The highest BCUT2D eigenvalue weighted by Gasteiger charge is 2.06. The van der Waals surface area contributed by atoms with Crippen LogP contribution in [0.25, 0.3) is 10.9 Å². The first-order valence-electron chi connectivity index (χ1n) is 7.91. The summed E-state index contributed by atoms with van der Waals surface area (Å²) < 4.78 is 2.16. The third kappa shape index (κ3) is 3.22. The Kier molecular flexibility index (Phi) is 4.29. The van der Waals surface area contributed by atoms with Gasteiger partial charge in [0.1, 0.15) is 0 Å². The van der Waals surface area contributed by atoms with Crippen molar-refractivity contribution >= 4 is 10.9 Å². The molecule has 0 amide bonds. The van der Waals surface area contributed by atoms with E-state index in [-0.39, 0.29) is 0 Å². The number of fused-ring (bicyclic) bond motifs is 1. The summed E-state index contributed by atoms with van der Waals surface area (Å²) in [5.41, 5.74) is 4.97. The van der Waals surface area contributed by atoms with Crippen molar-refractivity contribution in [2.75, 3.05) is 7.05 Å². The molecule has 2 heterocycles. The summed E-state index contributed by atoms with van der Waals surface area (Å²) in [6, 6.07) is 11.1. The minimum atomic E-state index is 0.892. The topological polar surface area (TPSA) is 36.9 Å². The van der Waals surface area contributed by atoms with E-state index in [0.29, 0.717) is 0 Å². The van der Waals surface area contributed by atoms with Crippen LogP contribution in [0.4, 0.5) is 0 Å². The molecule has 116 valence electrons. The maximum atomic E-state index is 4.36. The van der Waals surface area contributed by atoms with E-state index in [1.54, 1.807) is 0 Å². The highest BCUT2D eigenvalue weighted by molar-refractivity contribution is 5.80. The Hall–Kier alpha value is -2.07. The third-order valence-electron chi connectivity index (χ3n) is 4.03. The number of H-pyrrole nitrogens is 1. The maximum Gasteiger partial charge on any atom is 0.0625 e. The molecular weight excluding hydrogens is 272 g/mol. The summed E-state index contributed by atoms with van der Waals surface area (Å²) in [5, 5.41) is 8.81. The van der Waals surface area contributed by atoms with Crippen molar-refractivity contribution in [3.8, 4) is 0 Å². The second-order valence-electron chi connectivity index (χ2n) is 6.13. The molecule has 0 fully saturated rings. The molecule has 22 heavy (non-hydrogen) atoms. The summed E-state index contributed by atoms with van der Waals surface area (Å²) >= 11 is 0. The van der Waals surface area contributed by atoms with E-state index in [4.69, 9.17) is 0 Å². The predicted molar refractivity (Wildman–Crippen MR) is 90.7 cm³/mol. The van der Waals surface area contributed by atoms with Crippen LogP contribution in [0.5, 0.6) is 0 Å². The van der Waals surface area contributed by atoms with Gasteiger partial charge in [-0.2, -0.15) is 5.10 Å². The van der Waals surface area contributed by atoms with E-state index >= 15 is 0 Å². The molecule has 0 spiro atoms. The van der Waals surface area contributed by atoms with Gasteiger partial charge in [-0.05, 0) is 48.7 Å². The fraction of sp³-hybridized carbons (Fsp3) is 0.389. The van der Waals surface area contributed by atoms with Crippen molar-refractivity contribution in [3.05, 3.63) is 53.5 Å². The van der Waals surface area contributed by atoms with Gasteiger partial charge in [0.05, 0.1) is 5.69 Å². The van der Waals surface area contributed by atoms with Crippen LogP contribution in [0.2, 0.25) is 0 Å². The molecule has 1 aromatic carbocycles. The molecule has 2 aromatic heterocycles. The number of aromatic nitrogens is 3. The van der Waals surface area contributed by atoms with E-state index in [1.807, 2.05) is 0 Å². The number of aryl methyl sites for hydroxylation is 2. The van der Waals surface area contributed by atoms with E-state index in [0.717, 1.165) is 31.6 Å². The van der Waals surface area contributed by atoms with Crippen LogP contribution in [0.15, 0.2) is 36.5 Å². The molecule has 0 saturated heterocycles. The standard InChI is InChI=1S/C18H24N4/c1-4-5-16-11-17(20-19-16)13-21(2)12-14-6-7-18-15(10-14)8-9-22(18)3/h6-11H,4-5,12-13H2,1-3H3,(H,19,20). The smallest absolute Gasteiger partial charge is 0.0625 e. The monoisotopic (exact) mass is 296 g/mol. The summed E-state index contributed by atoms with van der Waals surface area (Å²) in [6.07, 6.45) is 4.29. The van der Waals surface area contributed by atoms with Crippen LogP contribution in [0, 0.1) is 0 Å². The van der Waals surface area contributed by atoms with E-state index in [9.17, 15) is 0 Å². The minimum absolute atomic E-state index is 0.892. The SMILES string of the molecule is CCCc1cc(CN(C)Cc2ccc3c(ccn3C)c2)[nH]n1. The molecule has 0 unspecified atom stereocenters. The van der Waals surface area contributed by atoms with Crippen molar-refractivity contribution in [1.82, 2.24) is 19.7 Å². The van der Waals surface area contributed by atoms with Crippen LogP contribution in [-0.2, 0) is 26.6 Å². The van der Waals surface area contributed by atoms with Gasteiger partial charge in [0.25, 0.3) is 0 Å². The summed E-state index contributed by atoms with van der Waals surface area (Å²) in [7, 11) is 4.23. The van der Waals surface area contributed by atoms with Crippen LogP contribution >= 0.6 is 0 Å². The molecule has 0 atom stereocenters. The zero-order chi connectivity index (χ0) is 15.5. The summed E-state index contributed by atoms with van der Waals surface area (Å²) in [6.45, 7) is 4.01. The predicted octanol–water partition coefficient (Wildman–Crippen LogP) is 3.49. The maximum absolute atomic E-state index is 4.36. The first kappa shape index (κ1) is 14.9. The van der Waals surface area contributed by atoms with Crippen molar-refractivity contribution < 1.29 is 0 Å². The third-order valence-corrected chi connectivity index (χ3v) is 4.03. The van der Waals surface area contributed by atoms with E-state index < -0.39 is 0 Å². The average Bonchev–Trinajstić information content (AvgIpc) is 3.07. The van der Waals surface area contributed by atoms with Gasteiger partial charge in [-0.3, -0.25) is 10.00 Å². The molecule has 0 radical (unpaired) electrons. The Morgan fingerprint density at radius 2 is 2.05 bits per heavy atom. The number of hydrogen-bond donors (Lipinski definition) is 1. The molecule has 0 aliphatic rings. The minimum Gasteiger partial charge on any atom is -0.351 e. The van der Waals surface area contributed by atoms with Crippen molar-refractivity contribution in [1.29, 1.82) is 0 Å². The largest absolute Gasteiger partial charge is 0.351 e. The molecule has 0 aliphatic heterocycles. The Balaban J connectivity index is 1.65. The van der Waals surface area contributed by atoms with Gasteiger partial charge in [0, 0.05) is 37.5 Å². The fourth-order valence-electron chi connectivity index (χ4n) is 2.96. The van der Waals surface area contributed by atoms with Gasteiger partial charge >= 0.3 is 0 Å². The molecular formula is C18H24N4. The zero-order valence-corrected chi connectivity index (χ0v) is 13.6. The number of rotatable bonds is 6. The quantitative estimate of drug-likeness (QED) is 0.756. The lowest BCUT2D eigenvalue weighted by molar-refractivity contribution is 0.315. The molecule has 3 rings (SSSR count). The Bertz CT molecular complexity index is 753. The number of aromatic amines is 1. The summed E-state index contributed by atoms with van der Waals surface area (Å²) in [4.78, 5) is 2.31. The van der Waals surface area contributed by atoms with Crippen LogP contribution in [0.1, 0.15) is 30.3 Å². The first-order chi connectivity index (χ1) is 10.7. The fourth-order valence-corrected chi connectivity index (χ4v) is 2.96. The van der Waals surface area contributed by atoms with Gasteiger partial charge in [-0.1, -0.05) is 19.4 Å². The molecule has 0 saturated carbocycles. The highest BCUT2D eigenvalue weighted by Crippen LogP contribution is 2.18. The lowest BCUT2D eigenvalue weighted by Gasteiger charge is -2.15. The first-order valence-corrected chi connectivity index (χ1v) is 7.91. The number of benzene rings is 1. The van der Waals surface area contributed by atoms with Gasteiger partial charge in [-0.25, -0.2) is 0 Å². The normalized spacial score (nSPS) is 11.6. The van der Waals surface area contributed by atoms with Gasteiger partial charge in [0.15, 0.2) is 0 Å². The molecule has 0 bridgehead atoms. The zero-order valence-electron chi connectivity index (χ0n) is 13.6. The average molecular weight is 296 g/mol. The van der Waals surface area contributed by atoms with Crippen LogP contribution in [0.3, 0.4) is 0 Å². The van der Waals surface area contributed by atoms with Crippen LogP contribution in [-0.4, -0.2) is 26.7 Å². The number of nitrogens with zero attached hydrogens (tertiary/aromatic N) is 3. The van der Waals surface area contributed by atoms with Crippen molar-refractivity contribution in [3.63, 3.8) is 0 Å². The molecule has 1 N–H and O–H groups in total. The number of nitrogens with one attached hydrogen (secondary N) is 1.